The number of benzene rings is 1. The smallest absolute Gasteiger partial charge is 0.184 e. The topological polar surface area (TPSA) is 43.6 Å². The molecule has 0 aliphatic heterocycles. The first kappa shape index (κ1) is 8.74. The zero-order chi connectivity index (χ0) is 10.1. The van der Waals surface area contributed by atoms with Gasteiger partial charge >= 0.3 is 0 Å². The van der Waals surface area contributed by atoms with Crippen LogP contribution in [0.15, 0.2) is 18.2 Å². The number of nitrogens with zero attached hydrogens (tertiary/aromatic N) is 4. The first-order valence-electron chi connectivity index (χ1n) is 3.89. The molecule has 6 heteroatoms. The van der Waals surface area contributed by atoms with Crippen LogP contribution in [0, 0.1) is 18.6 Å². The van der Waals surface area contributed by atoms with Gasteiger partial charge in [0.25, 0.3) is 0 Å². The van der Waals surface area contributed by atoms with Crippen LogP contribution in [0.3, 0.4) is 0 Å². The highest BCUT2D eigenvalue weighted by Crippen LogP contribution is 2.15. The predicted molar refractivity (Wildman–Crippen MR) is 43.8 cm³/mol. The molecular formula is C8H6F2N4. The minimum absolute atomic E-state index is 0.00694. The second kappa shape index (κ2) is 3.13. The van der Waals surface area contributed by atoms with Crippen molar-refractivity contribution in [3.05, 3.63) is 35.7 Å². The van der Waals surface area contributed by atoms with Crippen LogP contribution < -0.4 is 0 Å². The molecule has 0 unspecified atom stereocenters. The van der Waals surface area contributed by atoms with Crippen molar-refractivity contribution in [3.8, 4) is 5.69 Å². The van der Waals surface area contributed by atoms with E-state index in [1.165, 1.54) is 12.1 Å². The number of tetrazole rings is 1. The maximum absolute atomic E-state index is 13.3. The first-order valence-corrected chi connectivity index (χ1v) is 3.89. The van der Waals surface area contributed by atoms with Gasteiger partial charge < -0.3 is 0 Å². The van der Waals surface area contributed by atoms with Gasteiger partial charge in [0.15, 0.2) is 17.5 Å². The van der Waals surface area contributed by atoms with Crippen LogP contribution in [0.1, 0.15) is 5.82 Å². The third-order valence-corrected chi connectivity index (χ3v) is 1.78. The number of aryl methyl sites for hydroxylation is 1. The van der Waals surface area contributed by atoms with Gasteiger partial charge in [0.05, 0.1) is 0 Å². The van der Waals surface area contributed by atoms with Gasteiger partial charge in [-0.2, -0.15) is 4.68 Å². The normalized spacial score (nSPS) is 10.5. The average Bonchev–Trinajstić information content (AvgIpc) is 2.57. The van der Waals surface area contributed by atoms with Gasteiger partial charge in [-0.15, -0.1) is 5.10 Å². The SMILES string of the molecule is Cc1nnnn1-c1cccc(F)c1F. The molecule has 1 heterocycles. The summed E-state index contributed by atoms with van der Waals surface area (Å²) in [5.41, 5.74) is 0.00694. The fraction of sp³-hybridized carbons (Fsp3) is 0.125. The molecule has 72 valence electrons. The predicted octanol–water partition coefficient (Wildman–Crippen LogP) is 1.25. The van der Waals surface area contributed by atoms with Gasteiger partial charge in [-0.3, -0.25) is 0 Å². The highest BCUT2D eigenvalue weighted by molar-refractivity contribution is 5.33. The number of hydrogen-bond donors (Lipinski definition) is 0. The third kappa shape index (κ3) is 1.24. The lowest BCUT2D eigenvalue weighted by Gasteiger charge is -2.02. The van der Waals surface area contributed by atoms with Crippen molar-refractivity contribution < 1.29 is 8.78 Å². The maximum Gasteiger partial charge on any atom is 0.184 e. The molecule has 0 amide bonds. The van der Waals surface area contributed by atoms with Gasteiger partial charge in [0.1, 0.15) is 5.69 Å². The largest absolute Gasteiger partial charge is 0.204 e. The van der Waals surface area contributed by atoms with Gasteiger partial charge in [-0.1, -0.05) is 6.07 Å². The zero-order valence-corrected chi connectivity index (χ0v) is 7.28. The minimum atomic E-state index is -0.956. The molecule has 0 radical (unpaired) electrons. The van der Waals surface area contributed by atoms with E-state index in [9.17, 15) is 8.78 Å². The van der Waals surface area contributed by atoms with E-state index in [-0.39, 0.29) is 5.69 Å². The lowest BCUT2D eigenvalue weighted by molar-refractivity contribution is 0.499. The Hall–Kier alpha value is -1.85. The van der Waals surface area contributed by atoms with Gasteiger partial charge in [-0.25, -0.2) is 8.78 Å². The summed E-state index contributed by atoms with van der Waals surface area (Å²) < 4.78 is 27.2. The number of hydrogen-bond acceptors (Lipinski definition) is 3. The molecule has 1 aromatic heterocycles. The Balaban J connectivity index is 2.63. The molecule has 1 aromatic carbocycles. The van der Waals surface area contributed by atoms with Crippen LogP contribution in [0.5, 0.6) is 0 Å². The fourth-order valence-corrected chi connectivity index (χ4v) is 1.11. The van der Waals surface area contributed by atoms with Gasteiger partial charge in [-0.05, 0) is 29.5 Å². The second-order valence-corrected chi connectivity index (χ2v) is 2.71. The van der Waals surface area contributed by atoms with Crippen LogP contribution in [-0.4, -0.2) is 20.2 Å². The van der Waals surface area contributed by atoms with Crippen molar-refractivity contribution in [2.75, 3.05) is 0 Å². The van der Waals surface area contributed by atoms with Crippen LogP contribution >= 0.6 is 0 Å². The molecule has 0 saturated heterocycles. The second-order valence-electron chi connectivity index (χ2n) is 2.71. The molecule has 0 atom stereocenters. The quantitative estimate of drug-likeness (QED) is 0.689. The van der Waals surface area contributed by atoms with Crippen molar-refractivity contribution in [2.45, 2.75) is 6.92 Å². The summed E-state index contributed by atoms with van der Waals surface area (Å²) in [5.74, 6) is -1.48. The molecule has 2 aromatic rings. The summed E-state index contributed by atoms with van der Waals surface area (Å²) in [7, 11) is 0. The van der Waals surface area contributed by atoms with Crippen LogP contribution in [-0.2, 0) is 0 Å². The Morgan fingerprint density at radius 1 is 1.29 bits per heavy atom. The van der Waals surface area contributed by atoms with Crippen molar-refractivity contribution in [3.63, 3.8) is 0 Å². The first-order chi connectivity index (χ1) is 6.70. The number of rotatable bonds is 1. The maximum atomic E-state index is 13.3. The summed E-state index contributed by atoms with van der Waals surface area (Å²) >= 11 is 0. The molecule has 0 aliphatic rings. The fourth-order valence-electron chi connectivity index (χ4n) is 1.11. The van der Waals surface area contributed by atoms with E-state index in [2.05, 4.69) is 15.5 Å². The van der Waals surface area contributed by atoms with E-state index >= 15 is 0 Å². The molecule has 2 rings (SSSR count). The number of aromatic nitrogens is 4. The average molecular weight is 196 g/mol. The van der Waals surface area contributed by atoms with E-state index < -0.39 is 11.6 Å². The van der Waals surface area contributed by atoms with E-state index in [0.29, 0.717) is 5.82 Å². The minimum Gasteiger partial charge on any atom is -0.204 e. The van der Waals surface area contributed by atoms with Crippen LogP contribution in [0.4, 0.5) is 8.78 Å². The Labute approximate surface area is 78.2 Å². The standard InChI is InChI=1S/C8H6F2N4/c1-5-11-12-13-14(5)7-4-2-3-6(9)8(7)10/h2-4H,1H3. The lowest BCUT2D eigenvalue weighted by Crippen LogP contribution is -2.03. The van der Waals surface area contributed by atoms with E-state index in [1.54, 1.807) is 6.92 Å². The highest BCUT2D eigenvalue weighted by atomic mass is 19.2. The Morgan fingerprint density at radius 2 is 2.07 bits per heavy atom. The summed E-state index contributed by atoms with van der Waals surface area (Å²) in [6.45, 7) is 1.60. The van der Waals surface area contributed by atoms with Crippen molar-refractivity contribution in [1.29, 1.82) is 0 Å². The Bertz CT molecular complexity index is 466. The Morgan fingerprint density at radius 3 is 2.71 bits per heavy atom. The van der Waals surface area contributed by atoms with E-state index in [1.807, 2.05) is 0 Å². The summed E-state index contributed by atoms with van der Waals surface area (Å²) in [5, 5.41) is 10.5. The van der Waals surface area contributed by atoms with Gasteiger partial charge in [0.2, 0.25) is 0 Å². The molecule has 4 nitrogen and oxygen atoms in total. The molecule has 0 bridgehead atoms. The summed E-state index contributed by atoms with van der Waals surface area (Å²) in [6.07, 6.45) is 0. The third-order valence-electron chi connectivity index (χ3n) is 1.78. The van der Waals surface area contributed by atoms with E-state index in [4.69, 9.17) is 0 Å². The van der Waals surface area contributed by atoms with Crippen LogP contribution in [0.2, 0.25) is 0 Å². The van der Waals surface area contributed by atoms with Crippen molar-refractivity contribution >= 4 is 0 Å². The zero-order valence-electron chi connectivity index (χ0n) is 7.28. The molecule has 0 aliphatic carbocycles. The van der Waals surface area contributed by atoms with Crippen LogP contribution in [0.25, 0.3) is 5.69 Å². The lowest BCUT2D eigenvalue weighted by atomic mass is 10.3. The van der Waals surface area contributed by atoms with Gasteiger partial charge in [0, 0.05) is 0 Å². The highest BCUT2D eigenvalue weighted by Gasteiger charge is 2.12. The molecule has 0 fully saturated rings. The molecule has 0 saturated carbocycles. The van der Waals surface area contributed by atoms with Crippen molar-refractivity contribution in [2.24, 2.45) is 0 Å². The molecule has 0 spiro atoms. The Kier molecular flexibility index (Phi) is 1.95. The number of halogens is 2. The molecular weight excluding hydrogens is 190 g/mol. The van der Waals surface area contributed by atoms with Crippen molar-refractivity contribution in [1.82, 2.24) is 20.2 Å². The van der Waals surface area contributed by atoms with E-state index in [0.717, 1.165) is 10.7 Å². The summed E-state index contributed by atoms with van der Waals surface area (Å²) in [6, 6.07) is 3.84. The molecule has 0 N–H and O–H groups in total. The monoisotopic (exact) mass is 196 g/mol. The molecule has 14 heavy (non-hydrogen) atoms. The summed E-state index contributed by atoms with van der Waals surface area (Å²) in [4.78, 5) is 0.